The second kappa shape index (κ2) is 7.40. The average Bonchev–Trinajstić information content (AvgIpc) is 2.48. The summed E-state index contributed by atoms with van der Waals surface area (Å²) in [7, 11) is 1.59. The Morgan fingerprint density at radius 3 is 2.77 bits per heavy atom. The lowest BCUT2D eigenvalue weighted by Gasteiger charge is -2.36. The highest BCUT2D eigenvalue weighted by atomic mass is 35.5. The van der Waals surface area contributed by atoms with Crippen molar-refractivity contribution >= 4 is 17.5 Å². The third kappa shape index (κ3) is 3.59. The van der Waals surface area contributed by atoms with Crippen LogP contribution < -0.4 is 10.6 Å². The molecule has 0 saturated carbocycles. The zero-order valence-corrected chi connectivity index (χ0v) is 13.7. The number of carbonyl (C=O) groups excluding carboxylic acids is 1. The van der Waals surface area contributed by atoms with Crippen LogP contribution in [0.2, 0.25) is 5.02 Å². The fourth-order valence-corrected chi connectivity index (χ4v) is 3.29. The summed E-state index contributed by atoms with van der Waals surface area (Å²) in [5.74, 6) is -0.519. The molecular formula is C16H22ClFN2O2. The topological polar surface area (TPSA) is 50.4 Å². The molecule has 0 bridgehead atoms. The molecule has 6 heteroatoms. The van der Waals surface area contributed by atoms with E-state index in [1.807, 2.05) is 0 Å². The van der Waals surface area contributed by atoms with Gasteiger partial charge in [0.25, 0.3) is 0 Å². The van der Waals surface area contributed by atoms with Gasteiger partial charge in [-0.3, -0.25) is 4.79 Å². The van der Waals surface area contributed by atoms with Crippen molar-refractivity contribution in [2.75, 3.05) is 26.8 Å². The number of benzene rings is 1. The number of nitrogens with one attached hydrogen (secondary N) is 2. The van der Waals surface area contributed by atoms with Gasteiger partial charge >= 0.3 is 0 Å². The number of hydrogen-bond acceptors (Lipinski definition) is 3. The maximum absolute atomic E-state index is 14.0. The number of ether oxygens (including phenoxy) is 1. The van der Waals surface area contributed by atoms with Crippen molar-refractivity contribution in [1.29, 1.82) is 0 Å². The van der Waals surface area contributed by atoms with Crippen LogP contribution in [0.25, 0.3) is 0 Å². The van der Waals surface area contributed by atoms with Crippen molar-refractivity contribution < 1.29 is 13.9 Å². The van der Waals surface area contributed by atoms with Crippen LogP contribution >= 0.6 is 11.6 Å². The second-order valence-corrected chi connectivity index (χ2v) is 6.20. The van der Waals surface area contributed by atoms with Gasteiger partial charge in [-0.25, -0.2) is 4.39 Å². The Balaban J connectivity index is 2.15. The molecule has 1 saturated heterocycles. The molecule has 1 atom stereocenters. The molecule has 0 aromatic heterocycles. The molecule has 1 aliphatic heterocycles. The zero-order chi connectivity index (χ0) is 16.2. The van der Waals surface area contributed by atoms with Crippen LogP contribution in [0.5, 0.6) is 0 Å². The molecule has 0 radical (unpaired) electrons. The van der Waals surface area contributed by atoms with Crippen LogP contribution in [0.15, 0.2) is 18.2 Å². The predicted molar refractivity (Wildman–Crippen MR) is 84.4 cm³/mol. The number of carbonyl (C=O) groups is 1. The zero-order valence-electron chi connectivity index (χ0n) is 12.9. The minimum atomic E-state index is -0.563. The van der Waals surface area contributed by atoms with Crippen molar-refractivity contribution in [3.05, 3.63) is 34.6 Å². The number of halogens is 2. The van der Waals surface area contributed by atoms with E-state index < -0.39 is 17.3 Å². The van der Waals surface area contributed by atoms with Crippen LogP contribution in [-0.4, -0.2) is 32.7 Å². The van der Waals surface area contributed by atoms with Crippen molar-refractivity contribution in [1.82, 2.24) is 10.6 Å². The molecule has 1 aromatic rings. The maximum Gasteiger partial charge on any atom is 0.229 e. The van der Waals surface area contributed by atoms with Gasteiger partial charge in [-0.2, -0.15) is 0 Å². The third-order valence-electron chi connectivity index (χ3n) is 4.24. The maximum atomic E-state index is 14.0. The van der Waals surface area contributed by atoms with E-state index in [0.717, 1.165) is 13.1 Å². The van der Waals surface area contributed by atoms with E-state index in [-0.39, 0.29) is 5.91 Å². The molecule has 4 nitrogen and oxygen atoms in total. The Morgan fingerprint density at radius 1 is 1.50 bits per heavy atom. The smallest absolute Gasteiger partial charge is 0.229 e. The quantitative estimate of drug-likeness (QED) is 0.873. The van der Waals surface area contributed by atoms with E-state index in [4.69, 9.17) is 16.3 Å². The molecule has 1 amide bonds. The van der Waals surface area contributed by atoms with Gasteiger partial charge in [-0.05, 0) is 45.0 Å². The third-order valence-corrected chi connectivity index (χ3v) is 4.57. The van der Waals surface area contributed by atoms with Crippen LogP contribution in [0.3, 0.4) is 0 Å². The highest BCUT2D eigenvalue weighted by molar-refractivity contribution is 6.31. The fraction of sp³-hybridized carbons (Fsp3) is 0.562. The molecule has 22 heavy (non-hydrogen) atoms. The first-order valence-corrected chi connectivity index (χ1v) is 7.82. The van der Waals surface area contributed by atoms with Crippen LogP contribution in [0.4, 0.5) is 4.39 Å². The summed E-state index contributed by atoms with van der Waals surface area (Å²) < 4.78 is 19.2. The van der Waals surface area contributed by atoms with Crippen molar-refractivity contribution in [2.24, 2.45) is 5.41 Å². The van der Waals surface area contributed by atoms with Crippen LogP contribution in [-0.2, 0) is 9.53 Å². The van der Waals surface area contributed by atoms with E-state index >= 15 is 0 Å². The van der Waals surface area contributed by atoms with E-state index in [1.54, 1.807) is 26.2 Å². The normalized spacial score (nSPS) is 18.7. The SMILES string of the molecule is COCC1(C(=O)NC(C)c2c(F)cccc2Cl)CCNCC1. The minimum Gasteiger partial charge on any atom is -0.384 e. The van der Waals surface area contributed by atoms with Crippen molar-refractivity contribution in [2.45, 2.75) is 25.8 Å². The highest BCUT2D eigenvalue weighted by Crippen LogP contribution is 2.32. The Bertz CT molecular complexity index is 507. The number of methoxy groups -OCH3 is 1. The lowest BCUT2D eigenvalue weighted by molar-refractivity contribution is -0.136. The number of rotatable bonds is 5. The largest absolute Gasteiger partial charge is 0.384 e. The average molecular weight is 329 g/mol. The molecule has 1 fully saturated rings. The summed E-state index contributed by atoms with van der Waals surface area (Å²) in [6.45, 7) is 3.64. The first-order chi connectivity index (χ1) is 10.5. The standard InChI is InChI=1S/C16H22ClFN2O2/c1-11(14-12(17)4-3-5-13(14)18)20-15(21)16(10-22-2)6-8-19-9-7-16/h3-5,11,19H,6-10H2,1-2H3,(H,20,21). The Kier molecular flexibility index (Phi) is 5.78. The summed E-state index contributed by atoms with van der Waals surface area (Å²) in [6, 6.07) is 4.02. The Labute approximate surface area is 135 Å². The summed E-state index contributed by atoms with van der Waals surface area (Å²) >= 11 is 6.06. The van der Waals surface area contributed by atoms with Crippen LogP contribution in [0, 0.1) is 11.2 Å². The lowest BCUT2D eigenvalue weighted by atomic mass is 9.78. The summed E-state index contributed by atoms with van der Waals surface area (Å²) in [5.41, 5.74) is -0.245. The van der Waals surface area contributed by atoms with E-state index in [9.17, 15) is 9.18 Å². The van der Waals surface area contributed by atoms with E-state index in [0.29, 0.717) is 30.0 Å². The summed E-state index contributed by atoms with van der Waals surface area (Å²) in [4.78, 5) is 12.7. The van der Waals surface area contributed by atoms with Gasteiger partial charge in [0, 0.05) is 17.7 Å². The molecular weight excluding hydrogens is 307 g/mol. The Morgan fingerprint density at radius 2 is 2.18 bits per heavy atom. The van der Waals surface area contributed by atoms with Crippen molar-refractivity contribution in [3.8, 4) is 0 Å². The summed E-state index contributed by atoms with van der Waals surface area (Å²) in [5, 5.41) is 6.46. The lowest BCUT2D eigenvalue weighted by Crippen LogP contribution is -2.50. The van der Waals surface area contributed by atoms with Crippen molar-refractivity contribution in [3.63, 3.8) is 0 Å². The van der Waals surface area contributed by atoms with Crippen LogP contribution in [0.1, 0.15) is 31.4 Å². The molecule has 1 aromatic carbocycles. The van der Waals surface area contributed by atoms with E-state index in [1.165, 1.54) is 6.07 Å². The van der Waals surface area contributed by atoms with Gasteiger partial charge in [-0.1, -0.05) is 17.7 Å². The molecule has 0 spiro atoms. The van der Waals surface area contributed by atoms with Gasteiger partial charge in [0.1, 0.15) is 5.82 Å². The van der Waals surface area contributed by atoms with Gasteiger partial charge in [0.05, 0.1) is 18.1 Å². The molecule has 1 aliphatic rings. The number of hydrogen-bond donors (Lipinski definition) is 2. The minimum absolute atomic E-state index is 0.109. The van der Waals surface area contributed by atoms with Gasteiger partial charge < -0.3 is 15.4 Å². The fourth-order valence-electron chi connectivity index (χ4n) is 2.96. The molecule has 0 aliphatic carbocycles. The van der Waals surface area contributed by atoms with Gasteiger partial charge in [0.2, 0.25) is 5.91 Å². The highest BCUT2D eigenvalue weighted by Gasteiger charge is 2.40. The number of amides is 1. The first-order valence-electron chi connectivity index (χ1n) is 7.45. The Hall–Kier alpha value is -1.17. The number of piperidine rings is 1. The first kappa shape index (κ1) is 17.2. The van der Waals surface area contributed by atoms with Gasteiger partial charge in [0.15, 0.2) is 0 Å². The second-order valence-electron chi connectivity index (χ2n) is 5.79. The molecule has 122 valence electrons. The molecule has 2 N–H and O–H groups in total. The molecule has 1 heterocycles. The molecule has 1 unspecified atom stereocenters. The van der Waals surface area contributed by atoms with Gasteiger partial charge in [-0.15, -0.1) is 0 Å². The predicted octanol–water partition coefficient (Wildman–Crippen LogP) is 2.67. The van der Waals surface area contributed by atoms with E-state index in [2.05, 4.69) is 10.6 Å². The monoisotopic (exact) mass is 328 g/mol. The summed E-state index contributed by atoms with van der Waals surface area (Å²) in [6.07, 6.45) is 1.40. The molecule has 2 rings (SSSR count).